The highest BCUT2D eigenvalue weighted by Gasteiger charge is 2.31. The standard InChI is InChI=1S/C7H4ClF3O2S.C6H3Cl3O2S/c8-14(12,13)6-3-1-2-5(4-6)7(9,10)11;7-5-2-1-4(3-6(5)8)12(9,10)11/h1-4H;1-3H. The molecule has 0 aliphatic heterocycles. The zero-order valence-corrected chi connectivity index (χ0v) is 16.8. The molecule has 0 heterocycles. The molecular formula is C13H7Cl4F3O4S2. The Kier molecular flexibility index (Phi) is 7.66. The van der Waals surface area contributed by atoms with Crippen LogP contribution < -0.4 is 0 Å². The van der Waals surface area contributed by atoms with Crippen LogP contribution in [0.3, 0.4) is 0 Å². The van der Waals surface area contributed by atoms with E-state index in [9.17, 15) is 30.0 Å². The van der Waals surface area contributed by atoms with Gasteiger partial charge in [-0.25, -0.2) is 16.8 Å². The highest BCUT2D eigenvalue weighted by Crippen LogP contribution is 2.31. The normalized spacial score (nSPS) is 12.3. The van der Waals surface area contributed by atoms with E-state index in [-0.39, 0.29) is 9.92 Å². The van der Waals surface area contributed by atoms with Crippen molar-refractivity contribution < 1.29 is 30.0 Å². The third-order valence-corrected chi connectivity index (χ3v) is 6.06. The van der Waals surface area contributed by atoms with E-state index >= 15 is 0 Å². The van der Waals surface area contributed by atoms with Crippen LogP contribution in [0.2, 0.25) is 10.0 Å². The zero-order chi connectivity index (χ0) is 20.3. The van der Waals surface area contributed by atoms with Gasteiger partial charge in [-0.1, -0.05) is 29.3 Å². The highest BCUT2D eigenvalue weighted by molar-refractivity contribution is 8.14. The van der Waals surface area contributed by atoms with Gasteiger partial charge in [-0.05, 0) is 36.4 Å². The van der Waals surface area contributed by atoms with E-state index < -0.39 is 34.7 Å². The van der Waals surface area contributed by atoms with E-state index in [0.29, 0.717) is 11.1 Å². The second-order valence-corrected chi connectivity index (χ2v) is 10.4. The number of rotatable bonds is 2. The molecule has 0 aliphatic rings. The molecule has 13 heteroatoms. The molecule has 0 atom stereocenters. The lowest BCUT2D eigenvalue weighted by Gasteiger charge is -2.06. The topological polar surface area (TPSA) is 68.3 Å². The van der Waals surface area contributed by atoms with Crippen molar-refractivity contribution in [3.05, 3.63) is 58.1 Å². The summed E-state index contributed by atoms with van der Waals surface area (Å²) in [4.78, 5) is -0.618. The molecule has 2 rings (SSSR count). The van der Waals surface area contributed by atoms with Gasteiger partial charge in [0.15, 0.2) is 0 Å². The first kappa shape index (κ1) is 23.3. The number of hydrogen-bond acceptors (Lipinski definition) is 4. The molecule has 0 unspecified atom stereocenters. The molecule has 0 saturated heterocycles. The fourth-order valence-corrected chi connectivity index (χ4v) is 3.39. The van der Waals surface area contributed by atoms with Gasteiger partial charge in [0.1, 0.15) is 0 Å². The quantitative estimate of drug-likeness (QED) is 0.518. The Labute approximate surface area is 166 Å². The van der Waals surface area contributed by atoms with E-state index in [1.807, 2.05) is 0 Å². The molecule has 0 bridgehead atoms. The van der Waals surface area contributed by atoms with E-state index in [4.69, 9.17) is 44.6 Å². The fourth-order valence-electron chi connectivity index (χ4n) is 1.45. The molecule has 4 nitrogen and oxygen atoms in total. The Morgan fingerprint density at radius 1 is 0.731 bits per heavy atom. The monoisotopic (exact) mass is 488 g/mol. The van der Waals surface area contributed by atoms with Gasteiger partial charge >= 0.3 is 6.18 Å². The van der Waals surface area contributed by atoms with E-state index in [1.165, 1.54) is 18.2 Å². The summed E-state index contributed by atoms with van der Waals surface area (Å²) in [5.74, 6) is 0. The maximum absolute atomic E-state index is 12.1. The van der Waals surface area contributed by atoms with Gasteiger partial charge in [-0.15, -0.1) is 0 Å². The van der Waals surface area contributed by atoms with Crippen LogP contribution >= 0.6 is 44.6 Å². The van der Waals surface area contributed by atoms with Gasteiger partial charge in [0, 0.05) is 21.4 Å². The van der Waals surface area contributed by atoms with Crippen molar-refractivity contribution >= 4 is 62.7 Å². The second-order valence-electron chi connectivity index (χ2n) is 4.48. The molecule has 0 amide bonds. The summed E-state index contributed by atoms with van der Waals surface area (Å²) in [5.41, 5.74) is -1.04. The van der Waals surface area contributed by atoms with Crippen molar-refractivity contribution in [2.45, 2.75) is 16.0 Å². The van der Waals surface area contributed by atoms with Crippen molar-refractivity contribution in [2.24, 2.45) is 0 Å². The summed E-state index contributed by atoms with van der Waals surface area (Å²) >= 11 is 11.1. The first-order chi connectivity index (χ1) is 11.6. The predicted molar refractivity (Wildman–Crippen MR) is 94.0 cm³/mol. The van der Waals surface area contributed by atoms with Crippen molar-refractivity contribution in [2.75, 3.05) is 0 Å². The average Bonchev–Trinajstić information content (AvgIpc) is 2.48. The van der Waals surface area contributed by atoms with Crippen LogP contribution in [0.25, 0.3) is 0 Å². The highest BCUT2D eigenvalue weighted by atomic mass is 35.7. The molecule has 2 aromatic carbocycles. The molecular weight excluding hydrogens is 483 g/mol. The third-order valence-electron chi connectivity index (χ3n) is 2.62. The molecule has 0 fully saturated rings. The SMILES string of the molecule is O=S(=O)(Cl)c1ccc(Cl)c(Cl)c1.O=S(=O)(Cl)c1cccc(C(F)(F)F)c1. The van der Waals surface area contributed by atoms with E-state index in [1.54, 1.807) is 0 Å². The van der Waals surface area contributed by atoms with Crippen LogP contribution in [0.15, 0.2) is 52.3 Å². The van der Waals surface area contributed by atoms with Crippen LogP contribution in [-0.2, 0) is 24.3 Å². The Bertz CT molecular complexity index is 1010. The Balaban J connectivity index is 0.000000263. The lowest BCUT2D eigenvalue weighted by molar-refractivity contribution is -0.137. The smallest absolute Gasteiger partial charge is 0.207 e. The van der Waals surface area contributed by atoms with Gasteiger partial charge in [0.2, 0.25) is 0 Å². The average molecular weight is 490 g/mol. The minimum absolute atomic E-state index is 0.0569. The first-order valence-electron chi connectivity index (χ1n) is 6.14. The molecule has 0 saturated carbocycles. The Morgan fingerprint density at radius 3 is 1.65 bits per heavy atom. The van der Waals surface area contributed by atoms with Gasteiger partial charge in [0.05, 0.1) is 25.4 Å². The van der Waals surface area contributed by atoms with Gasteiger partial charge in [0.25, 0.3) is 18.1 Å². The van der Waals surface area contributed by atoms with Crippen molar-refractivity contribution in [1.82, 2.24) is 0 Å². The van der Waals surface area contributed by atoms with Crippen molar-refractivity contribution in [3.8, 4) is 0 Å². The molecule has 0 radical (unpaired) electrons. The summed E-state index contributed by atoms with van der Waals surface area (Å²) < 4.78 is 79.3. The third kappa shape index (κ3) is 7.13. The minimum atomic E-state index is -4.57. The molecule has 26 heavy (non-hydrogen) atoms. The minimum Gasteiger partial charge on any atom is -0.207 e. The fraction of sp³-hybridized carbons (Fsp3) is 0.0769. The summed E-state index contributed by atoms with van der Waals surface area (Å²) in [6.45, 7) is 0. The van der Waals surface area contributed by atoms with Gasteiger partial charge in [-0.2, -0.15) is 13.2 Å². The Hall–Kier alpha value is -0.710. The summed E-state index contributed by atoms with van der Waals surface area (Å²) in [6, 6.07) is 7.10. The van der Waals surface area contributed by atoms with Crippen LogP contribution in [0, 0.1) is 0 Å². The molecule has 0 aromatic heterocycles. The summed E-state index contributed by atoms with van der Waals surface area (Å²) in [5, 5.41) is 0.458. The van der Waals surface area contributed by atoms with E-state index in [0.717, 1.165) is 18.2 Å². The second kappa shape index (κ2) is 8.53. The van der Waals surface area contributed by atoms with Crippen LogP contribution in [0.5, 0.6) is 0 Å². The van der Waals surface area contributed by atoms with Gasteiger partial charge in [-0.3, -0.25) is 0 Å². The first-order valence-corrected chi connectivity index (χ1v) is 11.5. The molecule has 2 aromatic rings. The largest absolute Gasteiger partial charge is 0.416 e. The summed E-state index contributed by atoms with van der Waals surface area (Å²) in [6.07, 6.45) is -4.57. The molecule has 144 valence electrons. The number of halogens is 7. The van der Waals surface area contributed by atoms with Crippen molar-refractivity contribution in [1.29, 1.82) is 0 Å². The maximum atomic E-state index is 12.1. The maximum Gasteiger partial charge on any atom is 0.416 e. The van der Waals surface area contributed by atoms with Gasteiger partial charge < -0.3 is 0 Å². The zero-order valence-electron chi connectivity index (χ0n) is 12.1. The number of alkyl halides is 3. The number of benzene rings is 2. The van der Waals surface area contributed by atoms with Crippen LogP contribution in [0.1, 0.15) is 5.56 Å². The Morgan fingerprint density at radius 2 is 1.23 bits per heavy atom. The lowest BCUT2D eigenvalue weighted by atomic mass is 10.2. The lowest BCUT2D eigenvalue weighted by Crippen LogP contribution is -2.05. The van der Waals surface area contributed by atoms with E-state index in [2.05, 4.69) is 0 Å². The molecule has 0 aliphatic carbocycles. The molecule has 0 N–H and O–H groups in total. The number of hydrogen-bond donors (Lipinski definition) is 0. The summed E-state index contributed by atoms with van der Waals surface area (Å²) in [7, 11) is 2.11. The van der Waals surface area contributed by atoms with Crippen LogP contribution in [0.4, 0.5) is 13.2 Å². The predicted octanol–water partition coefficient (Wildman–Crippen LogP) is 5.55. The van der Waals surface area contributed by atoms with Crippen molar-refractivity contribution in [3.63, 3.8) is 0 Å². The molecule has 0 spiro atoms. The van der Waals surface area contributed by atoms with Crippen LogP contribution in [-0.4, -0.2) is 16.8 Å².